The summed E-state index contributed by atoms with van der Waals surface area (Å²) in [4.78, 5) is 31.8. The molecule has 0 bridgehead atoms. The number of carbonyl (C=O) groups excluding carboxylic acids is 2. The van der Waals surface area contributed by atoms with Crippen molar-refractivity contribution in [2.75, 3.05) is 31.5 Å². The Morgan fingerprint density at radius 2 is 1.82 bits per heavy atom. The summed E-state index contributed by atoms with van der Waals surface area (Å²) in [5.41, 5.74) is 9.21. The van der Waals surface area contributed by atoms with Crippen LogP contribution in [0.5, 0.6) is 0 Å². The fraction of sp³-hybridized carbons (Fsp3) is 0.281. The van der Waals surface area contributed by atoms with Gasteiger partial charge in [-0.05, 0) is 88.2 Å². The van der Waals surface area contributed by atoms with Crippen molar-refractivity contribution in [1.29, 1.82) is 0 Å². The second-order valence-corrected chi connectivity index (χ2v) is 10.6. The highest BCUT2D eigenvalue weighted by atomic mass is 16.2. The van der Waals surface area contributed by atoms with Crippen molar-refractivity contribution in [3.05, 3.63) is 88.5 Å². The summed E-state index contributed by atoms with van der Waals surface area (Å²) in [6.07, 6.45) is 6.19. The number of hydrogen-bond acceptors (Lipinski definition) is 4. The Morgan fingerprint density at radius 3 is 2.60 bits per heavy atom. The summed E-state index contributed by atoms with van der Waals surface area (Å²) in [7, 11) is 0. The van der Waals surface area contributed by atoms with Gasteiger partial charge < -0.3 is 20.5 Å². The van der Waals surface area contributed by atoms with Crippen LogP contribution in [-0.4, -0.2) is 57.7 Å². The van der Waals surface area contributed by atoms with E-state index in [2.05, 4.69) is 25.6 Å². The number of benzene rings is 2. The minimum absolute atomic E-state index is 0.0837. The van der Waals surface area contributed by atoms with Crippen molar-refractivity contribution in [2.24, 2.45) is 0 Å². The lowest BCUT2D eigenvalue weighted by Crippen LogP contribution is -2.33. The monoisotopic (exact) mass is 534 g/mol. The van der Waals surface area contributed by atoms with Crippen LogP contribution in [0.3, 0.4) is 0 Å². The average Bonchev–Trinajstić information content (AvgIpc) is 3.72. The molecular weight excluding hydrogens is 500 g/mol. The molecule has 2 aromatic heterocycles. The van der Waals surface area contributed by atoms with Gasteiger partial charge in [0.2, 0.25) is 0 Å². The molecular formula is C32H34N6O2. The molecule has 2 amide bonds. The molecule has 1 saturated heterocycles. The first-order valence-electron chi connectivity index (χ1n) is 13.9. The van der Waals surface area contributed by atoms with E-state index in [9.17, 15) is 9.59 Å². The Labute approximate surface area is 234 Å². The van der Waals surface area contributed by atoms with Crippen molar-refractivity contribution in [1.82, 2.24) is 25.0 Å². The SMILES string of the molecule is Cc1[nH]c(C=C2C(=O)Nc3ccc(-c4cnn(-c5ccccc5)c4C)cc32)c(C)c1C(=O)NCCN1CCCC1. The summed E-state index contributed by atoms with van der Waals surface area (Å²) < 4.78 is 1.92. The zero-order chi connectivity index (χ0) is 27.8. The Bertz CT molecular complexity index is 1620. The number of anilines is 1. The van der Waals surface area contributed by atoms with Gasteiger partial charge in [0, 0.05) is 47.0 Å². The lowest BCUT2D eigenvalue weighted by Gasteiger charge is -2.14. The largest absolute Gasteiger partial charge is 0.358 e. The zero-order valence-electron chi connectivity index (χ0n) is 23.2. The highest BCUT2D eigenvalue weighted by molar-refractivity contribution is 6.35. The topological polar surface area (TPSA) is 95.0 Å². The number of carbonyl (C=O) groups is 2. The number of H-pyrrole nitrogens is 1. The Morgan fingerprint density at radius 1 is 1.05 bits per heavy atom. The molecule has 2 aromatic carbocycles. The van der Waals surface area contributed by atoms with Crippen LogP contribution in [-0.2, 0) is 4.79 Å². The standard InChI is InChI=1S/C32H34N6O2/c1-20-29(35-21(2)30(20)32(40)33-13-16-37-14-7-8-15-37)18-26-25-17-23(11-12-28(25)36-31(26)39)27-19-34-38(22(27)3)24-9-5-4-6-10-24/h4-6,9-12,17-19,35H,7-8,13-16H2,1-3H3,(H,33,40)(H,36,39). The van der Waals surface area contributed by atoms with Gasteiger partial charge in [-0.25, -0.2) is 4.68 Å². The third-order valence-electron chi connectivity index (χ3n) is 8.03. The molecule has 0 unspecified atom stereocenters. The molecule has 4 heterocycles. The predicted octanol–water partition coefficient (Wildman–Crippen LogP) is 5.11. The van der Waals surface area contributed by atoms with Crippen molar-refractivity contribution in [3.63, 3.8) is 0 Å². The van der Waals surface area contributed by atoms with Gasteiger partial charge in [-0.2, -0.15) is 5.10 Å². The molecule has 40 heavy (non-hydrogen) atoms. The fourth-order valence-electron chi connectivity index (χ4n) is 5.85. The molecule has 2 aliphatic heterocycles. The molecule has 3 N–H and O–H groups in total. The lowest BCUT2D eigenvalue weighted by atomic mass is 9.98. The Balaban J connectivity index is 1.27. The van der Waals surface area contributed by atoms with E-state index < -0.39 is 0 Å². The molecule has 6 rings (SSSR count). The van der Waals surface area contributed by atoms with Gasteiger partial charge in [-0.1, -0.05) is 24.3 Å². The minimum atomic E-state index is -0.160. The maximum absolute atomic E-state index is 13.1. The van der Waals surface area contributed by atoms with Crippen LogP contribution < -0.4 is 10.6 Å². The normalized spacial score (nSPS) is 16.0. The van der Waals surface area contributed by atoms with Crippen LogP contribution in [0, 0.1) is 20.8 Å². The van der Waals surface area contributed by atoms with Crippen molar-refractivity contribution in [3.8, 4) is 16.8 Å². The van der Waals surface area contributed by atoms with Crippen LogP contribution in [0.15, 0.2) is 54.7 Å². The molecule has 0 saturated carbocycles. The van der Waals surface area contributed by atoms with Gasteiger partial charge in [0.1, 0.15) is 0 Å². The van der Waals surface area contributed by atoms with Gasteiger partial charge >= 0.3 is 0 Å². The van der Waals surface area contributed by atoms with E-state index >= 15 is 0 Å². The van der Waals surface area contributed by atoms with Crippen LogP contribution in [0.2, 0.25) is 0 Å². The number of nitrogens with one attached hydrogen (secondary N) is 3. The third kappa shape index (κ3) is 4.75. The van der Waals surface area contributed by atoms with E-state index in [-0.39, 0.29) is 11.8 Å². The van der Waals surface area contributed by atoms with Gasteiger partial charge in [0.15, 0.2) is 0 Å². The van der Waals surface area contributed by atoms with E-state index in [1.807, 2.05) is 86.3 Å². The maximum Gasteiger partial charge on any atom is 0.256 e. The van der Waals surface area contributed by atoms with Crippen molar-refractivity contribution < 1.29 is 9.59 Å². The summed E-state index contributed by atoms with van der Waals surface area (Å²) in [5, 5.41) is 10.7. The Kier molecular flexibility index (Phi) is 6.86. The van der Waals surface area contributed by atoms with Gasteiger partial charge in [0.25, 0.3) is 11.8 Å². The number of nitrogens with zero attached hydrogens (tertiary/aromatic N) is 3. The smallest absolute Gasteiger partial charge is 0.256 e. The average molecular weight is 535 g/mol. The number of aromatic amines is 1. The first kappa shape index (κ1) is 25.8. The molecule has 1 fully saturated rings. The molecule has 2 aliphatic rings. The number of para-hydroxylation sites is 1. The number of hydrogen-bond donors (Lipinski definition) is 3. The summed E-state index contributed by atoms with van der Waals surface area (Å²) in [5.74, 6) is -0.244. The van der Waals surface area contributed by atoms with Crippen LogP contribution in [0.4, 0.5) is 5.69 Å². The minimum Gasteiger partial charge on any atom is -0.358 e. The van der Waals surface area contributed by atoms with Crippen molar-refractivity contribution in [2.45, 2.75) is 33.6 Å². The number of amides is 2. The second-order valence-electron chi connectivity index (χ2n) is 10.6. The van der Waals surface area contributed by atoms with E-state index in [4.69, 9.17) is 0 Å². The summed E-state index contributed by atoms with van der Waals surface area (Å²) in [6.45, 7) is 9.58. The molecule has 0 aliphatic carbocycles. The first-order valence-corrected chi connectivity index (χ1v) is 13.9. The molecule has 8 heteroatoms. The molecule has 4 aromatic rings. The lowest BCUT2D eigenvalue weighted by molar-refractivity contribution is -0.110. The maximum atomic E-state index is 13.1. The number of fused-ring (bicyclic) bond motifs is 1. The van der Waals surface area contributed by atoms with Crippen LogP contribution in [0.25, 0.3) is 28.5 Å². The van der Waals surface area contributed by atoms with Gasteiger partial charge in [-0.3, -0.25) is 9.59 Å². The molecule has 0 atom stereocenters. The fourth-order valence-corrected chi connectivity index (χ4v) is 5.85. The van der Waals surface area contributed by atoms with Gasteiger partial charge in [0.05, 0.1) is 23.0 Å². The Hall–Kier alpha value is -4.43. The third-order valence-corrected chi connectivity index (χ3v) is 8.03. The quantitative estimate of drug-likeness (QED) is 0.287. The van der Waals surface area contributed by atoms with Crippen LogP contribution in [0.1, 0.15) is 51.4 Å². The zero-order valence-corrected chi connectivity index (χ0v) is 23.2. The van der Waals surface area contributed by atoms with E-state index in [0.29, 0.717) is 17.7 Å². The molecule has 0 radical (unpaired) electrons. The second kappa shape index (κ2) is 10.6. The van der Waals surface area contributed by atoms with Crippen molar-refractivity contribution >= 4 is 29.2 Å². The molecule has 0 spiro atoms. The number of aromatic nitrogens is 3. The number of aryl methyl sites for hydroxylation is 1. The van der Waals surface area contributed by atoms with E-state index in [1.165, 1.54) is 12.8 Å². The summed E-state index contributed by atoms with van der Waals surface area (Å²) in [6, 6.07) is 16.0. The van der Waals surface area contributed by atoms with Crippen LogP contribution >= 0.6 is 0 Å². The van der Waals surface area contributed by atoms with E-state index in [0.717, 1.165) is 70.3 Å². The van der Waals surface area contributed by atoms with Gasteiger partial charge in [-0.15, -0.1) is 0 Å². The highest BCUT2D eigenvalue weighted by Gasteiger charge is 2.27. The molecule has 8 nitrogen and oxygen atoms in total. The number of rotatable bonds is 7. The van der Waals surface area contributed by atoms with E-state index in [1.54, 1.807) is 0 Å². The number of likely N-dealkylation sites (tertiary alicyclic amines) is 1. The first-order chi connectivity index (χ1) is 19.4. The highest BCUT2D eigenvalue weighted by Crippen LogP contribution is 2.37. The summed E-state index contributed by atoms with van der Waals surface area (Å²) >= 11 is 0. The molecule has 204 valence electrons. The predicted molar refractivity (Wildman–Crippen MR) is 159 cm³/mol.